The molecule has 0 unspecified atom stereocenters. The Morgan fingerprint density at radius 3 is 2.71 bits per heavy atom. The zero-order valence-corrected chi connectivity index (χ0v) is 15.1. The van der Waals surface area contributed by atoms with Crippen LogP contribution in [0, 0.1) is 20.8 Å². The maximum Gasteiger partial charge on any atom is 0.277 e. The van der Waals surface area contributed by atoms with E-state index in [1.807, 2.05) is 19.2 Å². The van der Waals surface area contributed by atoms with Gasteiger partial charge in [0.25, 0.3) is 5.91 Å². The van der Waals surface area contributed by atoms with Gasteiger partial charge in [0.2, 0.25) is 0 Å². The molecule has 0 atom stereocenters. The SMILES string of the molecule is CCn1nc(C(=O)Nc2nc(-c3ccc(C)cc3C)cs2)cc1C. The van der Waals surface area contributed by atoms with Gasteiger partial charge >= 0.3 is 0 Å². The lowest BCUT2D eigenvalue weighted by Crippen LogP contribution is -2.13. The van der Waals surface area contributed by atoms with Crippen molar-refractivity contribution < 1.29 is 4.79 Å². The van der Waals surface area contributed by atoms with E-state index in [1.54, 1.807) is 10.7 Å². The summed E-state index contributed by atoms with van der Waals surface area (Å²) >= 11 is 1.42. The number of aryl methyl sites for hydroxylation is 4. The molecule has 6 heteroatoms. The van der Waals surface area contributed by atoms with Crippen molar-refractivity contribution in [2.75, 3.05) is 5.32 Å². The van der Waals surface area contributed by atoms with E-state index >= 15 is 0 Å². The summed E-state index contributed by atoms with van der Waals surface area (Å²) in [7, 11) is 0. The van der Waals surface area contributed by atoms with Crippen LogP contribution < -0.4 is 5.32 Å². The van der Waals surface area contributed by atoms with E-state index in [0.717, 1.165) is 23.5 Å². The maximum atomic E-state index is 12.3. The molecule has 0 bridgehead atoms. The zero-order chi connectivity index (χ0) is 17.3. The molecule has 0 saturated carbocycles. The molecule has 3 rings (SSSR count). The fourth-order valence-electron chi connectivity index (χ4n) is 2.66. The van der Waals surface area contributed by atoms with Crippen LogP contribution in [0.3, 0.4) is 0 Å². The van der Waals surface area contributed by atoms with Gasteiger partial charge in [0, 0.05) is 23.2 Å². The molecule has 2 aromatic heterocycles. The van der Waals surface area contributed by atoms with Crippen LogP contribution in [0.5, 0.6) is 0 Å². The molecule has 24 heavy (non-hydrogen) atoms. The van der Waals surface area contributed by atoms with Crippen LogP contribution in [0.2, 0.25) is 0 Å². The van der Waals surface area contributed by atoms with Crippen molar-refractivity contribution in [3.8, 4) is 11.3 Å². The van der Waals surface area contributed by atoms with Crippen molar-refractivity contribution in [2.24, 2.45) is 0 Å². The highest BCUT2D eigenvalue weighted by Gasteiger charge is 2.14. The summed E-state index contributed by atoms with van der Waals surface area (Å²) in [5, 5.41) is 9.67. The van der Waals surface area contributed by atoms with E-state index in [-0.39, 0.29) is 5.91 Å². The van der Waals surface area contributed by atoms with Crippen LogP contribution in [0.4, 0.5) is 5.13 Å². The first-order chi connectivity index (χ1) is 11.5. The fourth-order valence-corrected chi connectivity index (χ4v) is 3.36. The molecule has 0 aliphatic carbocycles. The molecule has 1 N–H and O–H groups in total. The van der Waals surface area contributed by atoms with E-state index in [4.69, 9.17) is 0 Å². The molecular formula is C18H20N4OS. The standard InChI is InChI=1S/C18H20N4OS/c1-5-22-13(4)9-15(21-22)17(23)20-18-19-16(10-24-18)14-7-6-11(2)8-12(14)3/h6-10H,5H2,1-4H3,(H,19,20,23). The molecular weight excluding hydrogens is 320 g/mol. The number of nitrogens with one attached hydrogen (secondary N) is 1. The summed E-state index contributed by atoms with van der Waals surface area (Å²) in [6.45, 7) is 8.82. The molecule has 0 fully saturated rings. The van der Waals surface area contributed by atoms with Gasteiger partial charge in [-0.1, -0.05) is 23.8 Å². The van der Waals surface area contributed by atoms with Crippen LogP contribution in [0.1, 0.15) is 34.2 Å². The first-order valence-corrected chi connectivity index (χ1v) is 8.75. The number of amides is 1. The predicted molar refractivity (Wildman–Crippen MR) is 97.6 cm³/mol. The number of aromatic nitrogens is 3. The Balaban J connectivity index is 1.79. The third-order valence-corrected chi connectivity index (χ3v) is 4.65. The number of nitrogens with zero attached hydrogens (tertiary/aromatic N) is 3. The van der Waals surface area contributed by atoms with Crippen molar-refractivity contribution in [1.82, 2.24) is 14.8 Å². The van der Waals surface area contributed by atoms with Gasteiger partial charge in [-0.2, -0.15) is 5.10 Å². The Labute approximate surface area is 145 Å². The summed E-state index contributed by atoms with van der Waals surface area (Å²) < 4.78 is 1.80. The van der Waals surface area contributed by atoms with Crippen LogP contribution in [0.15, 0.2) is 29.6 Å². The molecule has 0 aliphatic rings. The van der Waals surface area contributed by atoms with Gasteiger partial charge < -0.3 is 0 Å². The van der Waals surface area contributed by atoms with Crippen LogP contribution in [-0.2, 0) is 6.54 Å². The Hall–Kier alpha value is -2.47. The second-order valence-corrected chi connectivity index (χ2v) is 6.66. The maximum absolute atomic E-state index is 12.3. The molecule has 0 aliphatic heterocycles. The number of hydrogen-bond acceptors (Lipinski definition) is 4. The molecule has 2 heterocycles. The summed E-state index contributed by atoms with van der Waals surface area (Å²) in [5.41, 5.74) is 5.75. The van der Waals surface area contributed by atoms with Crippen LogP contribution in [0.25, 0.3) is 11.3 Å². The molecule has 0 saturated heterocycles. The van der Waals surface area contributed by atoms with Crippen molar-refractivity contribution in [3.05, 3.63) is 52.2 Å². The smallest absolute Gasteiger partial charge is 0.277 e. The third kappa shape index (κ3) is 3.23. The minimum atomic E-state index is -0.230. The zero-order valence-electron chi connectivity index (χ0n) is 14.3. The van der Waals surface area contributed by atoms with E-state index in [2.05, 4.69) is 47.4 Å². The van der Waals surface area contributed by atoms with E-state index in [0.29, 0.717) is 10.8 Å². The van der Waals surface area contributed by atoms with E-state index < -0.39 is 0 Å². The number of benzene rings is 1. The summed E-state index contributed by atoms with van der Waals surface area (Å²) in [5.74, 6) is -0.230. The van der Waals surface area contributed by atoms with Gasteiger partial charge in [0.15, 0.2) is 10.8 Å². The van der Waals surface area contributed by atoms with Gasteiger partial charge in [-0.25, -0.2) is 4.98 Å². The molecule has 3 aromatic rings. The highest BCUT2D eigenvalue weighted by atomic mass is 32.1. The topological polar surface area (TPSA) is 59.8 Å². The van der Waals surface area contributed by atoms with Gasteiger partial charge in [-0.05, 0) is 39.3 Å². The third-order valence-electron chi connectivity index (χ3n) is 3.90. The fraction of sp³-hybridized carbons (Fsp3) is 0.278. The largest absolute Gasteiger partial charge is 0.296 e. The first-order valence-electron chi connectivity index (χ1n) is 7.87. The molecule has 1 amide bonds. The Morgan fingerprint density at radius 2 is 2.04 bits per heavy atom. The van der Waals surface area contributed by atoms with Crippen molar-refractivity contribution in [3.63, 3.8) is 0 Å². The number of thiazole rings is 1. The molecule has 1 aromatic carbocycles. The van der Waals surface area contributed by atoms with Crippen molar-refractivity contribution >= 4 is 22.4 Å². The molecule has 5 nitrogen and oxygen atoms in total. The summed E-state index contributed by atoms with van der Waals surface area (Å²) in [6.07, 6.45) is 0. The van der Waals surface area contributed by atoms with Crippen LogP contribution >= 0.6 is 11.3 Å². The lowest BCUT2D eigenvalue weighted by molar-refractivity contribution is 0.102. The average molecular weight is 340 g/mol. The number of rotatable bonds is 4. The number of carbonyl (C=O) groups excluding carboxylic acids is 1. The Bertz CT molecular complexity index is 894. The quantitative estimate of drug-likeness (QED) is 0.774. The van der Waals surface area contributed by atoms with Gasteiger partial charge in [0.1, 0.15) is 0 Å². The first kappa shape index (κ1) is 16.4. The minimum absolute atomic E-state index is 0.230. The van der Waals surface area contributed by atoms with Gasteiger partial charge in [0.05, 0.1) is 5.69 Å². The summed E-state index contributed by atoms with van der Waals surface area (Å²) in [6, 6.07) is 8.06. The number of carbonyl (C=O) groups is 1. The predicted octanol–water partition coefficient (Wildman–Crippen LogP) is 4.20. The minimum Gasteiger partial charge on any atom is -0.296 e. The Kier molecular flexibility index (Phi) is 4.49. The number of anilines is 1. The lowest BCUT2D eigenvalue weighted by atomic mass is 10.0. The molecule has 0 spiro atoms. The number of hydrogen-bond donors (Lipinski definition) is 1. The normalized spacial score (nSPS) is 10.8. The van der Waals surface area contributed by atoms with E-state index in [1.165, 1.54) is 22.5 Å². The van der Waals surface area contributed by atoms with Crippen molar-refractivity contribution in [1.29, 1.82) is 0 Å². The van der Waals surface area contributed by atoms with Crippen molar-refractivity contribution in [2.45, 2.75) is 34.2 Å². The summed E-state index contributed by atoms with van der Waals surface area (Å²) in [4.78, 5) is 16.9. The second kappa shape index (κ2) is 6.57. The van der Waals surface area contributed by atoms with Crippen LogP contribution in [-0.4, -0.2) is 20.7 Å². The highest BCUT2D eigenvalue weighted by molar-refractivity contribution is 7.14. The lowest BCUT2D eigenvalue weighted by Gasteiger charge is -2.03. The van der Waals surface area contributed by atoms with Gasteiger partial charge in [-0.15, -0.1) is 11.3 Å². The Morgan fingerprint density at radius 1 is 1.25 bits per heavy atom. The second-order valence-electron chi connectivity index (χ2n) is 5.80. The molecule has 124 valence electrons. The highest BCUT2D eigenvalue weighted by Crippen LogP contribution is 2.28. The molecule has 0 radical (unpaired) electrons. The van der Waals surface area contributed by atoms with E-state index in [9.17, 15) is 4.79 Å². The average Bonchev–Trinajstić information content (AvgIpc) is 3.14. The monoisotopic (exact) mass is 340 g/mol. The van der Waals surface area contributed by atoms with Gasteiger partial charge in [-0.3, -0.25) is 14.8 Å².